The molecule has 3 aliphatic rings. The summed E-state index contributed by atoms with van der Waals surface area (Å²) >= 11 is 5.88. The number of likely N-dealkylation sites (tertiary alicyclic amines) is 1. The third kappa shape index (κ3) is 5.44. The lowest BCUT2D eigenvalue weighted by atomic mass is 9.90. The maximum atomic E-state index is 14.5. The van der Waals surface area contributed by atoms with E-state index < -0.39 is 17.9 Å². The van der Waals surface area contributed by atoms with Gasteiger partial charge in [0.15, 0.2) is 0 Å². The van der Waals surface area contributed by atoms with Crippen LogP contribution in [0.25, 0.3) is 0 Å². The van der Waals surface area contributed by atoms with E-state index in [2.05, 4.69) is 14.9 Å². The van der Waals surface area contributed by atoms with E-state index in [-0.39, 0.29) is 17.7 Å². The third-order valence-electron chi connectivity index (χ3n) is 7.58. The minimum atomic E-state index is -0.845. The molecular weight excluding hydrogens is 462 g/mol. The summed E-state index contributed by atoms with van der Waals surface area (Å²) in [5.41, 5.74) is -0.0793. The Morgan fingerprint density at radius 3 is 2.38 bits per heavy atom. The van der Waals surface area contributed by atoms with Gasteiger partial charge < -0.3 is 14.7 Å². The van der Waals surface area contributed by atoms with Gasteiger partial charge in [0.05, 0.1) is 24.0 Å². The highest BCUT2D eigenvalue weighted by atomic mass is 35.5. The first kappa shape index (κ1) is 23.7. The summed E-state index contributed by atoms with van der Waals surface area (Å²) in [5, 5.41) is 10.7. The Labute approximate surface area is 203 Å². The van der Waals surface area contributed by atoms with E-state index in [1.165, 1.54) is 18.6 Å². The van der Waals surface area contributed by atoms with Gasteiger partial charge in [0, 0.05) is 50.3 Å². The molecule has 0 spiro atoms. The molecule has 0 radical (unpaired) electrons. The zero-order chi connectivity index (χ0) is 23.7. The van der Waals surface area contributed by atoms with Crippen molar-refractivity contribution in [2.45, 2.75) is 44.8 Å². The molecule has 184 valence electrons. The monoisotopic (exact) mass is 492 g/mol. The van der Waals surface area contributed by atoms with Crippen LogP contribution in [0.4, 0.5) is 14.7 Å². The number of aromatic nitrogens is 2. The number of ether oxygens (including phenoxy) is 1. The van der Waals surface area contributed by atoms with Crippen LogP contribution >= 0.6 is 11.6 Å². The van der Waals surface area contributed by atoms with E-state index in [0.29, 0.717) is 29.4 Å². The van der Waals surface area contributed by atoms with Gasteiger partial charge in [-0.05, 0) is 49.9 Å². The van der Waals surface area contributed by atoms with Gasteiger partial charge in [-0.15, -0.1) is 0 Å². The van der Waals surface area contributed by atoms with Gasteiger partial charge in [-0.2, -0.15) is 0 Å². The van der Waals surface area contributed by atoms with Gasteiger partial charge in [-0.3, -0.25) is 4.90 Å². The quantitative estimate of drug-likeness (QED) is 0.563. The number of piperidine rings is 1. The van der Waals surface area contributed by atoms with E-state index in [0.717, 1.165) is 57.8 Å². The summed E-state index contributed by atoms with van der Waals surface area (Å²) in [4.78, 5) is 12.7. The van der Waals surface area contributed by atoms with Crippen molar-refractivity contribution in [3.8, 4) is 5.75 Å². The lowest BCUT2D eigenvalue weighted by Gasteiger charge is -2.35. The molecule has 5 rings (SSSR count). The molecule has 1 unspecified atom stereocenters. The van der Waals surface area contributed by atoms with Crippen molar-refractivity contribution in [2.75, 3.05) is 37.7 Å². The summed E-state index contributed by atoms with van der Waals surface area (Å²) in [7, 11) is 0. The average molecular weight is 493 g/mol. The predicted molar refractivity (Wildman–Crippen MR) is 126 cm³/mol. The van der Waals surface area contributed by atoms with Crippen molar-refractivity contribution in [3.63, 3.8) is 0 Å². The molecule has 2 aliphatic heterocycles. The molecular formula is C25H31ClF2N4O2. The smallest absolute Gasteiger partial charge is 0.225 e. The van der Waals surface area contributed by atoms with E-state index in [9.17, 15) is 13.9 Å². The molecule has 3 heterocycles. The fourth-order valence-electron chi connectivity index (χ4n) is 5.31. The second-order valence-corrected chi connectivity index (χ2v) is 10.2. The molecule has 0 amide bonds. The Morgan fingerprint density at radius 2 is 1.76 bits per heavy atom. The number of rotatable bonds is 9. The lowest BCUT2D eigenvalue weighted by Crippen LogP contribution is -2.46. The highest BCUT2D eigenvalue weighted by Gasteiger charge is 2.43. The summed E-state index contributed by atoms with van der Waals surface area (Å²) in [5.74, 6) is 1.65. The maximum absolute atomic E-state index is 14.5. The van der Waals surface area contributed by atoms with Gasteiger partial charge >= 0.3 is 0 Å². The number of benzene rings is 1. The minimum absolute atomic E-state index is 0.0509. The van der Waals surface area contributed by atoms with Crippen LogP contribution in [0.1, 0.15) is 37.7 Å². The Morgan fingerprint density at radius 1 is 1.09 bits per heavy atom. The second kappa shape index (κ2) is 10.3. The first-order valence-electron chi connectivity index (χ1n) is 12.2. The molecule has 6 nitrogen and oxygen atoms in total. The van der Waals surface area contributed by atoms with Gasteiger partial charge in [0.1, 0.15) is 23.6 Å². The second-order valence-electron chi connectivity index (χ2n) is 9.76. The average Bonchev–Trinajstić information content (AvgIpc) is 3.55. The summed E-state index contributed by atoms with van der Waals surface area (Å²) < 4.78 is 34.6. The van der Waals surface area contributed by atoms with Crippen molar-refractivity contribution in [1.82, 2.24) is 14.9 Å². The summed E-state index contributed by atoms with van der Waals surface area (Å²) in [6.07, 6.45) is 7.71. The van der Waals surface area contributed by atoms with Crippen LogP contribution in [-0.4, -0.2) is 59.0 Å². The van der Waals surface area contributed by atoms with Crippen LogP contribution in [0.2, 0.25) is 5.02 Å². The molecule has 2 aromatic rings. The SMILES string of the molecule is OC(Cc1c(F)cc(OCC[C@@H]2C[C@@H]2C2CCN(c3ncc(Cl)cn3)CC2)cc1F)N1CCC1. The molecule has 1 saturated carbocycles. The Hall–Kier alpha value is -2.03. The maximum Gasteiger partial charge on any atom is 0.225 e. The standard InChI is InChI=1S/C25H31ClF2N4O2/c26-18-14-29-25(30-15-18)32-7-2-16(3-8-32)20-10-17(20)4-9-34-19-11-22(27)21(23(28)12-19)13-24(33)31-5-1-6-31/h11-12,14-17,20,24,33H,1-10,13H2/t17-,20-,24?/m1/s1. The Kier molecular flexibility index (Phi) is 7.18. The number of aliphatic hydroxyl groups is 1. The fourth-order valence-corrected chi connectivity index (χ4v) is 5.41. The number of hydrogen-bond acceptors (Lipinski definition) is 6. The zero-order valence-electron chi connectivity index (χ0n) is 19.2. The molecule has 3 fully saturated rings. The Bertz CT molecular complexity index is 960. The number of nitrogens with zero attached hydrogens (tertiary/aromatic N) is 4. The number of aliphatic hydroxyl groups excluding tert-OH is 1. The van der Waals surface area contributed by atoms with Gasteiger partial charge in [0.25, 0.3) is 0 Å². The molecule has 0 bridgehead atoms. The molecule has 9 heteroatoms. The van der Waals surface area contributed by atoms with Crippen LogP contribution in [0.3, 0.4) is 0 Å². The highest BCUT2D eigenvalue weighted by Crippen LogP contribution is 2.49. The molecule has 1 N–H and O–H groups in total. The fraction of sp³-hybridized carbons (Fsp3) is 0.600. The first-order chi connectivity index (χ1) is 16.5. The molecule has 3 atom stereocenters. The number of halogens is 3. The van der Waals surface area contributed by atoms with Crippen molar-refractivity contribution in [3.05, 3.63) is 46.7 Å². The molecule has 34 heavy (non-hydrogen) atoms. The normalized spacial score (nSPS) is 24.1. The largest absolute Gasteiger partial charge is 0.493 e. The highest BCUT2D eigenvalue weighted by molar-refractivity contribution is 6.30. The molecule has 2 saturated heterocycles. The Balaban J connectivity index is 1.04. The van der Waals surface area contributed by atoms with Crippen LogP contribution in [-0.2, 0) is 6.42 Å². The molecule has 1 aliphatic carbocycles. The first-order valence-corrected chi connectivity index (χ1v) is 12.6. The van der Waals surface area contributed by atoms with Crippen molar-refractivity contribution in [2.24, 2.45) is 17.8 Å². The number of anilines is 1. The van der Waals surface area contributed by atoms with E-state index in [4.69, 9.17) is 16.3 Å². The van der Waals surface area contributed by atoms with Gasteiger partial charge in [-0.25, -0.2) is 18.7 Å². The molecule has 1 aromatic heterocycles. The van der Waals surface area contributed by atoms with Crippen molar-refractivity contribution >= 4 is 17.5 Å². The van der Waals surface area contributed by atoms with Crippen molar-refractivity contribution in [1.29, 1.82) is 0 Å². The van der Waals surface area contributed by atoms with Crippen LogP contribution < -0.4 is 9.64 Å². The van der Waals surface area contributed by atoms with Crippen molar-refractivity contribution < 1.29 is 18.6 Å². The van der Waals surface area contributed by atoms with Gasteiger partial charge in [0.2, 0.25) is 5.95 Å². The van der Waals surface area contributed by atoms with E-state index in [1.807, 2.05) is 4.90 Å². The minimum Gasteiger partial charge on any atom is -0.493 e. The van der Waals surface area contributed by atoms with Crippen LogP contribution in [0.15, 0.2) is 24.5 Å². The van der Waals surface area contributed by atoms with Crippen LogP contribution in [0.5, 0.6) is 5.75 Å². The van der Waals surface area contributed by atoms with E-state index in [1.54, 1.807) is 12.4 Å². The summed E-state index contributed by atoms with van der Waals surface area (Å²) in [6.45, 7) is 3.88. The third-order valence-corrected chi connectivity index (χ3v) is 7.78. The molecule has 1 aromatic carbocycles. The van der Waals surface area contributed by atoms with Crippen LogP contribution in [0, 0.1) is 29.4 Å². The predicted octanol–water partition coefficient (Wildman–Crippen LogP) is 4.30. The van der Waals surface area contributed by atoms with Gasteiger partial charge in [-0.1, -0.05) is 11.6 Å². The van der Waals surface area contributed by atoms with E-state index >= 15 is 0 Å². The summed E-state index contributed by atoms with van der Waals surface area (Å²) in [6, 6.07) is 2.47. The zero-order valence-corrected chi connectivity index (χ0v) is 19.9. The lowest BCUT2D eigenvalue weighted by molar-refractivity contribution is -0.0340. The topological polar surface area (TPSA) is 61.7 Å². The number of hydrogen-bond donors (Lipinski definition) is 1.